The summed E-state index contributed by atoms with van der Waals surface area (Å²) in [5.74, 6) is -1.47. The number of nitrogens with zero attached hydrogens (tertiary/aromatic N) is 1. The summed E-state index contributed by atoms with van der Waals surface area (Å²) in [7, 11) is 0. The number of hydrogen-bond donors (Lipinski definition) is 1. The van der Waals surface area contributed by atoms with Crippen LogP contribution in [-0.4, -0.2) is 34.7 Å². The zero-order valence-corrected chi connectivity index (χ0v) is 17.1. The van der Waals surface area contributed by atoms with E-state index in [4.69, 9.17) is 16.3 Å². The van der Waals surface area contributed by atoms with Crippen molar-refractivity contribution in [3.63, 3.8) is 0 Å². The summed E-state index contributed by atoms with van der Waals surface area (Å²) >= 11 is 6.06. The molecule has 8 heteroatoms. The largest absolute Gasteiger partial charge is 0.449 e. The van der Waals surface area contributed by atoms with Crippen molar-refractivity contribution < 1.29 is 23.9 Å². The highest BCUT2D eigenvalue weighted by Gasteiger charge is 2.28. The second kappa shape index (κ2) is 9.54. The maximum Gasteiger partial charge on any atom is 0.338 e. The van der Waals surface area contributed by atoms with E-state index in [2.05, 4.69) is 5.32 Å². The summed E-state index contributed by atoms with van der Waals surface area (Å²) in [5.41, 5.74) is 1.75. The average Bonchev–Trinajstić information content (AvgIpc) is 3.05. The molecule has 3 rings (SSSR count). The van der Waals surface area contributed by atoms with Gasteiger partial charge >= 0.3 is 5.97 Å². The maximum absolute atomic E-state index is 12.3. The van der Waals surface area contributed by atoms with Crippen molar-refractivity contribution in [2.24, 2.45) is 0 Å². The van der Waals surface area contributed by atoms with E-state index in [1.165, 1.54) is 24.0 Å². The van der Waals surface area contributed by atoms with E-state index in [0.717, 1.165) is 11.1 Å². The third-order valence-corrected chi connectivity index (χ3v) is 5.12. The molecule has 0 aliphatic carbocycles. The Morgan fingerprint density at radius 2 is 1.70 bits per heavy atom. The molecule has 1 aliphatic rings. The third-order valence-electron chi connectivity index (χ3n) is 4.75. The van der Waals surface area contributed by atoms with Crippen LogP contribution >= 0.6 is 11.6 Å². The number of rotatable bonds is 7. The minimum Gasteiger partial charge on any atom is -0.449 e. The molecule has 1 fully saturated rings. The Labute approximate surface area is 179 Å². The standard InChI is InChI=1S/C22H21ClN2O5/c1-14(21(28)24-12-17-4-2-3-5-18(17)23)30-22(29)16-8-6-15(7-9-16)13-25-19(26)10-11-20(25)27/h2-9,14H,10-13H2,1H3,(H,24,28)/t14-/m0/s1. The number of nitrogens with one attached hydrogen (secondary N) is 1. The number of carbonyl (C=O) groups is 4. The van der Waals surface area contributed by atoms with Gasteiger partial charge in [0.25, 0.3) is 5.91 Å². The molecule has 30 heavy (non-hydrogen) atoms. The Morgan fingerprint density at radius 1 is 1.07 bits per heavy atom. The number of amides is 3. The highest BCUT2D eigenvalue weighted by molar-refractivity contribution is 6.31. The topological polar surface area (TPSA) is 92.8 Å². The van der Waals surface area contributed by atoms with Gasteiger partial charge in [0.15, 0.2) is 6.10 Å². The van der Waals surface area contributed by atoms with Gasteiger partial charge in [-0.1, -0.05) is 41.9 Å². The van der Waals surface area contributed by atoms with Gasteiger partial charge in [0.05, 0.1) is 12.1 Å². The fraction of sp³-hybridized carbons (Fsp3) is 0.273. The second-order valence-electron chi connectivity index (χ2n) is 6.93. The molecule has 1 N–H and O–H groups in total. The minimum atomic E-state index is -0.987. The van der Waals surface area contributed by atoms with Crippen LogP contribution in [0.25, 0.3) is 0 Å². The molecule has 0 aromatic heterocycles. The first-order valence-corrected chi connectivity index (χ1v) is 9.87. The van der Waals surface area contributed by atoms with Crippen LogP contribution < -0.4 is 5.32 Å². The van der Waals surface area contributed by atoms with E-state index in [0.29, 0.717) is 5.02 Å². The van der Waals surface area contributed by atoms with Crippen LogP contribution in [0.3, 0.4) is 0 Å². The Morgan fingerprint density at radius 3 is 2.33 bits per heavy atom. The highest BCUT2D eigenvalue weighted by Crippen LogP contribution is 2.17. The first kappa shape index (κ1) is 21.5. The molecule has 156 valence electrons. The van der Waals surface area contributed by atoms with Gasteiger partial charge in [-0.05, 0) is 36.2 Å². The maximum atomic E-state index is 12.3. The lowest BCUT2D eigenvalue weighted by Crippen LogP contribution is -2.35. The summed E-state index contributed by atoms with van der Waals surface area (Å²) in [4.78, 5) is 49.1. The van der Waals surface area contributed by atoms with Crippen molar-refractivity contribution in [1.82, 2.24) is 10.2 Å². The van der Waals surface area contributed by atoms with Gasteiger partial charge in [-0.25, -0.2) is 4.79 Å². The van der Waals surface area contributed by atoms with Crippen molar-refractivity contribution in [2.75, 3.05) is 0 Å². The smallest absolute Gasteiger partial charge is 0.338 e. The molecule has 0 unspecified atom stereocenters. The van der Waals surface area contributed by atoms with E-state index in [1.54, 1.807) is 30.3 Å². The van der Waals surface area contributed by atoms with Crippen LogP contribution in [0, 0.1) is 0 Å². The van der Waals surface area contributed by atoms with E-state index in [-0.39, 0.29) is 43.3 Å². The van der Waals surface area contributed by atoms with Crippen molar-refractivity contribution in [3.8, 4) is 0 Å². The van der Waals surface area contributed by atoms with Gasteiger partial charge in [0, 0.05) is 24.4 Å². The number of likely N-dealkylation sites (tertiary alicyclic amines) is 1. The van der Waals surface area contributed by atoms with Gasteiger partial charge < -0.3 is 10.1 Å². The summed E-state index contributed by atoms with van der Waals surface area (Å²) in [5, 5.41) is 3.23. The normalized spacial score (nSPS) is 14.5. The van der Waals surface area contributed by atoms with Crippen LogP contribution in [-0.2, 0) is 32.2 Å². The fourth-order valence-corrected chi connectivity index (χ4v) is 3.18. The predicted molar refractivity (Wildman–Crippen MR) is 109 cm³/mol. The molecule has 7 nitrogen and oxygen atoms in total. The molecule has 1 aliphatic heterocycles. The third kappa shape index (κ3) is 5.24. The Balaban J connectivity index is 1.52. The Bertz CT molecular complexity index is 958. The van der Waals surface area contributed by atoms with Crippen molar-refractivity contribution in [1.29, 1.82) is 0 Å². The van der Waals surface area contributed by atoms with Crippen LogP contribution in [0.15, 0.2) is 48.5 Å². The Kier molecular flexibility index (Phi) is 6.84. The first-order valence-electron chi connectivity index (χ1n) is 9.49. The number of carbonyl (C=O) groups excluding carboxylic acids is 4. The van der Waals surface area contributed by atoms with Crippen LogP contribution in [0.2, 0.25) is 5.02 Å². The fourth-order valence-electron chi connectivity index (χ4n) is 2.98. The van der Waals surface area contributed by atoms with E-state index in [1.807, 2.05) is 6.07 Å². The predicted octanol–water partition coefficient (Wildman–Crippen LogP) is 2.85. The van der Waals surface area contributed by atoms with Gasteiger partial charge in [-0.3, -0.25) is 19.3 Å². The molecule has 0 bridgehead atoms. The zero-order valence-electron chi connectivity index (χ0n) is 16.4. The Hall–Kier alpha value is -3.19. The molecule has 0 spiro atoms. The number of halogens is 1. The molecule has 1 atom stereocenters. The molecule has 2 aromatic rings. The molecule has 0 radical (unpaired) electrons. The van der Waals surface area contributed by atoms with E-state index >= 15 is 0 Å². The van der Waals surface area contributed by atoms with Gasteiger partial charge in [0.1, 0.15) is 0 Å². The zero-order chi connectivity index (χ0) is 21.7. The number of ether oxygens (including phenoxy) is 1. The van der Waals surface area contributed by atoms with Crippen LogP contribution in [0.5, 0.6) is 0 Å². The molecule has 2 aromatic carbocycles. The summed E-state index contributed by atoms with van der Waals surface area (Å²) in [6.07, 6.45) is -0.515. The summed E-state index contributed by atoms with van der Waals surface area (Å²) in [6.45, 7) is 1.88. The molecule has 0 saturated carbocycles. The van der Waals surface area contributed by atoms with E-state index in [9.17, 15) is 19.2 Å². The van der Waals surface area contributed by atoms with Gasteiger partial charge in [0.2, 0.25) is 11.8 Å². The van der Waals surface area contributed by atoms with Gasteiger partial charge in [-0.15, -0.1) is 0 Å². The van der Waals surface area contributed by atoms with E-state index < -0.39 is 18.0 Å². The molecular formula is C22H21ClN2O5. The van der Waals surface area contributed by atoms with Crippen LogP contribution in [0.1, 0.15) is 41.3 Å². The summed E-state index contributed by atoms with van der Waals surface area (Å²) in [6, 6.07) is 13.5. The first-order chi connectivity index (χ1) is 14.3. The molecule has 3 amide bonds. The lowest BCUT2D eigenvalue weighted by atomic mass is 10.1. The molecular weight excluding hydrogens is 408 g/mol. The number of esters is 1. The highest BCUT2D eigenvalue weighted by atomic mass is 35.5. The molecule has 1 heterocycles. The van der Waals surface area contributed by atoms with Crippen molar-refractivity contribution >= 4 is 35.3 Å². The van der Waals surface area contributed by atoms with Gasteiger partial charge in [-0.2, -0.15) is 0 Å². The lowest BCUT2D eigenvalue weighted by Gasteiger charge is -2.15. The minimum absolute atomic E-state index is 0.174. The van der Waals surface area contributed by atoms with Crippen molar-refractivity contribution in [3.05, 3.63) is 70.2 Å². The monoisotopic (exact) mass is 428 g/mol. The number of benzene rings is 2. The number of imide groups is 1. The summed E-state index contributed by atoms with van der Waals surface area (Å²) < 4.78 is 5.22. The van der Waals surface area contributed by atoms with Crippen molar-refractivity contribution in [2.45, 2.75) is 39.0 Å². The average molecular weight is 429 g/mol. The SMILES string of the molecule is C[C@H](OC(=O)c1ccc(CN2C(=O)CCC2=O)cc1)C(=O)NCc1ccccc1Cl. The number of hydrogen-bond acceptors (Lipinski definition) is 5. The van der Waals surface area contributed by atoms with Crippen LogP contribution in [0.4, 0.5) is 0 Å². The quantitative estimate of drug-likeness (QED) is 0.540. The second-order valence-corrected chi connectivity index (χ2v) is 7.33. The molecule has 1 saturated heterocycles. The lowest BCUT2D eigenvalue weighted by molar-refractivity contribution is -0.139.